The fourth-order valence-corrected chi connectivity index (χ4v) is 4.05. The summed E-state index contributed by atoms with van der Waals surface area (Å²) in [7, 11) is -4.79. The van der Waals surface area contributed by atoms with Crippen molar-refractivity contribution in [3.63, 3.8) is 0 Å². The van der Waals surface area contributed by atoms with Gasteiger partial charge in [0.2, 0.25) is 0 Å². The number of carboxylic acids is 1. The second-order valence-corrected chi connectivity index (χ2v) is 9.67. The Labute approximate surface area is 280 Å². The van der Waals surface area contributed by atoms with Gasteiger partial charge >= 0.3 is 115 Å². The van der Waals surface area contributed by atoms with Gasteiger partial charge in [0.1, 0.15) is 0 Å². The van der Waals surface area contributed by atoms with Crippen LogP contribution in [0, 0.1) is 0 Å². The summed E-state index contributed by atoms with van der Waals surface area (Å²) in [6, 6.07) is 0. The number of unbranched alkanes of at least 4 members (excludes halogenated alkanes) is 15. The van der Waals surface area contributed by atoms with Gasteiger partial charge in [-0.2, -0.15) is 8.42 Å². The molecule has 0 bridgehead atoms. The van der Waals surface area contributed by atoms with E-state index in [0.717, 1.165) is 19.3 Å². The number of hydrogen-bond donors (Lipinski definition) is 2. The van der Waals surface area contributed by atoms with Crippen LogP contribution in [0.25, 0.3) is 0 Å². The number of carbonyl (C=O) groups excluding carboxylic acids is 1. The Hall–Kier alpha value is 2.12. The van der Waals surface area contributed by atoms with Crippen LogP contribution in [-0.4, -0.2) is 145 Å². The molecule has 32 heavy (non-hydrogen) atoms. The topological polar surface area (TPSA) is 118 Å². The zero-order valence-corrected chi connectivity index (χ0v) is 19.5. The number of hydrogen-bond acceptors (Lipinski definition) is 5. The molecule has 0 spiro atoms. The molecule has 1 unspecified atom stereocenters. The van der Waals surface area contributed by atoms with E-state index >= 15 is 0 Å². The van der Waals surface area contributed by atoms with Crippen molar-refractivity contribution in [3.8, 4) is 0 Å². The average Bonchev–Trinajstić information content (AvgIpc) is 2.67. The van der Waals surface area contributed by atoms with E-state index in [1.807, 2.05) is 0 Å². The quantitative estimate of drug-likeness (QED) is 0.0987. The zero-order valence-electron chi connectivity index (χ0n) is 18.6. The van der Waals surface area contributed by atoms with Crippen LogP contribution in [0.15, 0.2) is 0 Å². The maximum atomic E-state index is 11.7. The molecule has 0 aliphatic rings. The van der Waals surface area contributed by atoms with Gasteiger partial charge in [-0.25, -0.2) is 0 Å². The van der Waals surface area contributed by atoms with Gasteiger partial charge in [-0.1, -0.05) is 103 Å². The third kappa shape index (κ3) is 25.2. The molecule has 0 aromatic heterocycles. The molecule has 7 nitrogen and oxygen atoms in total. The van der Waals surface area contributed by atoms with E-state index in [2.05, 4.69) is 6.92 Å². The minimum absolute atomic E-state index is 0. The maximum absolute atomic E-state index is 11.7. The predicted molar refractivity (Wildman–Crippen MR) is 132 cm³/mol. The SMILES string of the molecule is CCCCCCCCCCCCCCCCCCOC(=O)C(CC(=O)O)S(=O)(=O)O.[KH].[KH]. The summed E-state index contributed by atoms with van der Waals surface area (Å²) >= 11 is 0. The molecule has 0 aromatic carbocycles. The number of ether oxygens (including phenoxy) is 1. The van der Waals surface area contributed by atoms with Crippen molar-refractivity contribution in [2.75, 3.05) is 6.61 Å². The van der Waals surface area contributed by atoms with Crippen molar-refractivity contribution in [2.45, 2.75) is 121 Å². The molecule has 1 atom stereocenters. The first kappa shape index (κ1) is 38.6. The first-order valence-corrected chi connectivity index (χ1v) is 13.1. The van der Waals surface area contributed by atoms with Gasteiger partial charge in [-0.15, -0.1) is 0 Å². The van der Waals surface area contributed by atoms with Crippen LogP contribution < -0.4 is 0 Å². The molecule has 0 aliphatic carbocycles. The summed E-state index contributed by atoms with van der Waals surface area (Å²) in [5.74, 6) is -2.70. The summed E-state index contributed by atoms with van der Waals surface area (Å²) in [5.41, 5.74) is 0. The normalized spacial score (nSPS) is 11.8. The van der Waals surface area contributed by atoms with Gasteiger partial charge in [-0.3, -0.25) is 14.1 Å². The molecule has 0 saturated heterocycles. The van der Waals surface area contributed by atoms with Crippen molar-refractivity contribution >= 4 is 125 Å². The fraction of sp³-hybridized carbons (Fsp3) is 0.909. The average molecular weight is 531 g/mol. The molecule has 0 heterocycles. The van der Waals surface area contributed by atoms with E-state index in [0.29, 0.717) is 6.42 Å². The molecule has 0 radical (unpaired) electrons. The number of carboxylic acid groups (broad SMARTS) is 1. The van der Waals surface area contributed by atoms with E-state index in [1.165, 1.54) is 77.0 Å². The van der Waals surface area contributed by atoms with Crippen LogP contribution in [0.2, 0.25) is 0 Å². The minimum atomic E-state index is -4.79. The number of aliphatic carboxylic acids is 1. The Morgan fingerprint density at radius 2 is 1.06 bits per heavy atom. The summed E-state index contributed by atoms with van der Waals surface area (Å²) in [5, 5.41) is 6.57. The summed E-state index contributed by atoms with van der Waals surface area (Å²) < 4.78 is 35.9. The van der Waals surface area contributed by atoms with Gasteiger partial charge in [0, 0.05) is 0 Å². The van der Waals surface area contributed by atoms with E-state index < -0.39 is 33.7 Å². The van der Waals surface area contributed by atoms with E-state index in [-0.39, 0.29) is 109 Å². The van der Waals surface area contributed by atoms with Crippen LogP contribution in [0.5, 0.6) is 0 Å². The molecule has 0 fully saturated rings. The summed E-state index contributed by atoms with van der Waals surface area (Å²) in [6.45, 7) is 2.27. The standard InChI is InChI=1S/C22H42O7S.2K.2H/c1-2-3-4-5-6-7-8-9-10-11-12-13-14-15-16-17-18-29-22(25)20(19-21(23)24)30(26,27)28;;;;/h20H,2-19H2,1H3,(H,23,24)(H,26,27,28);;;;. The predicted octanol–water partition coefficient (Wildman–Crippen LogP) is 4.23. The van der Waals surface area contributed by atoms with Crippen LogP contribution in [0.4, 0.5) is 0 Å². The zero-order chi connectivity index (χ0) is 22.7. The fourth-order valence-electron chi connectivity index (χ4n) is 3.38. The molecular formula is C22H44K2O7S. The summed E-state index contributed by atoms with van der Waals surface area (Å²) in [6.07, 6.45) is 18.5. The van der Waals surface area contributed by atoms with Gasteiger partial charge in [0.25, 0.3) is 10.1 Å². The van der Waals surface area contributed by atoms with Crippen molar-refractivity contribution in [2.24, 2.45) is 0 Å². The monoisotopic (exact) mass is 530 g/mol. The molecule has 0 aliphatic heterocycles. The summed E-state index contributed by atoms with van der Waals surface area (Å²) in [4.78, 5) is 22.3. The van der Waals surface area contributed by atoms with Crippen molar-refractivity contribution in [1.82, 2.24) is 0 Å². The van der Waals surface area contributed by atoms with Crippen LogP contribution in [0.1, 0.15) is 116 Å². The van der Waals surface area contributed by atoms with Crippen LogP contribution in [0.3, 0.4) is 0 Å². The third-order valence-corrected chi connectivity index (χ3v) is 6.30. The molecule has 0 amide bonds. The van der Waals surface area contributed by atoms with E-state index in [9.17, 15) is 18.0 Å². The molecule has 0 saturated carbocycles. The second kappa shape index (κ2) is 26.2. The molecular weight excluding hydrogens is 486 g/mol. The third-order valence-electron chi connectivity index (χ3n) is 5.22. The number of rotatable bonds is 21. The molecule has 182 valence electrons. The Bertz CT molecular complexity index is 556. The van der Waals surface area contributed by atoms with E-state index in [1.54, 1.807) is 0 Å². The number of esters is 1. The number of carbonyl (C=O) groups is 2. The van der Waals surface area contributed by atoms with Gasteiger partial charge in [0.15, 0.2) is 5.25 Å². The first-order valence-electron chi connectivity index (χ1n) is 11.6. The van der Waals surface area contributed by atoms with Crippen molar-refractivity contribution in [1.29, 1.82) is 0 Å². The first-order chi connectivity index (χ1) is 14.3. The molecule has 0 aromatic rings. The van der Waals surface area contributed by atoms with Gasteiger partial charge in [-0.05, 0) is 6.42 Å². The van der Waals surface area contributed by atoms with Gasteiger partial charge in [0.05, 0.1) is 13.0 Å². The van der Waals surface area contributed by atoms with Crippen LogP contribution in [-0.2, 0) is 24.4 Å². The Balaban J connectivity index is -0.00000420. The second-order valence-electron chi connectivity index (χ2n) is 8.07. The van der Waals surface area contributed by atoms with Gasteiger partial charge < -0.3 is 9.84 Å². The van der Waals surface area contributed by atoms with Crippen molar-refractivity contribution < 1.29 is 32.4 Å². The van der Waals surface area contributed by atoms with Crippen molar-refractivity contribution in [3.05, 3.63) is 0 Å². The van der Waals surface area contributed by atoms with E-state index in [4.69, 9.17) is 14.4 Å². The Kier molecular flexibility index (Phi) is 31.6. The van der Waals surface area contributed by atoms with Crippen LogP contribution >= 0.6 is 0 Å². The molecule has 0 rings (SSSR count). The molecule has 10 heteroatoms. The molecule has 2 N–H and O–H groups in total. The Morgan fingerprint density at radius 3 is 1.38 bits per heavy atom. The Morgan fingerprint density at radius 1 is 0.719 bits per heavy atom.